The molecule has 0 aliphatic carbocycles. The molecular formula is C35H30N4O4S2. The molecule has 3 amide bonds. The van der Waals surface area contributed by atoms with Crippen LogP contribution in [0.5, 0.6) is 5.75 Å². The number of hydrogen-bond donors (Lipinski definition) is 3. The maximum atomic E-state index is 13.3. The number of nitrogens with one attached hydrogen (secondary N) is 3. The van der Waals surface area contributed by atoms with Crippen LogP contribution < -0.4 is 20.7 Å². The van der Waals surface area contributed by atoms with Gasteiger partial charge in [-0.3, -0.25) is 14.4 Å². The van der Waals surface area contributed by atoms with Crippen molar-refractivity contribution in [3.8, 4) is 17.0 Å². The van der Waals surface area contributed by atoms with Gasteiger partial charge in [-0.05, 0) is 67.1 Å². The van der Waals surface area contributed by atoms with E-state index in [0.29, 0.717) is 27.7 Å². The van der Waals surface area contributed by atoms with E-state index in [1.165, 1.54) is 23.1 Å². The third-order valence-electron chi connectivity index (χ3n) is 6.55. The number of aromatic nitrogens is 1. The van der Waals surface area contributed by atoms with Gasteiger partial charge >= 0.3 is 0 Å². The van der Waals surface area contributed by atoms with Crippen LogP contribution in [0.15, 0.2) is 125 Å². The Morgan fingerprint density at radius 3 is 2.18 bits per heavy atom. The van der Waals surface area contributed by atoms with Crippen molar-refractivity contribution in [2.45, 2.75) is 17.1 Å². The normalized spacial score (nSPS) is 11.7. The predicted molar refractivity (Wildman–Crippen MR) is 181 cm³/mol. The van der Waals surface area contributed by atoms with Crippen molar-refractivity contribution in [3.05, 3.63) is 131 Å². The van der Waals surface area contributed by atoms with Crippen molar-refractivity contribution in [2.75, 3.05) is 17.7 Å². The van der Waals surface area contributed by atoms with Gasteiger partial charge in [-0.15, -0.1) is 23.1 Å². The first-order valence-corrected chi connectivity index (χ1v) is 15.8. The molecule has 1 atom stereocenters. The Balaban J connectivity index is 1.22. The Morgan fingerprint density at radius 2 is 1.51 bits per heavy atom. The maximum absolute atomic E-state index is 13.3. The van der Waals surface area contributed by atoms with E-state index in [4.69, 9.17) is 4.74 Å². The van der Waals surface area contributed by atoms with E-state index in [0.717, 1.165) is 16.2 Å². The van der Waals surface area contributed by atoms with Gasteiger partial charge in [0.05, 0.1) is 18.1 Å². The number of methoxy groups -OCH3 is 1. The van der Waals surface area contributed by atoms with Gasteiger partial charge < -0.3 is 20.7 Å². The lowest BCUT2D eigenvalue weighted by Crippen LogP contribution is -2.30. The van der Waals surface area contributed by atoms with Crippen molar-refractivity contribution >= 4 is 57.7 Å². The number of carbonyl (C=O) groups excluding carboxylic acids is 3. The molecule has 3 N–H and O–H groups in total. The smallest absolute Gasteiger partial charge is 0.272 e. The Labute approximate surface area is 269 Å². The van der Waals surface area contributed by atoms with Crippen LogP contribution in [0.1, 0.15) is 22.8 Å². The lowest BCUT2D eigenvalue weighted by Gasteiger charge is -2.13. The molecule has 0 fully saturated rings. The van der Waals surface area contributed by atoms with Crippen LogP contribution in [0.25, 0.3) is 17.3 Å². The number of thiazole rings is 1. The second-order valence-electron chi connectivity index (χ2n) is 9.78. The molecule has 226 valence electrons. The molecule has 0 bridgehead atoms. The zero-order chi connectivity index (χ0) is 31.6. The van der Waals surface area contributed by atoms with Crippen LogP contribution >= 0.6 is 23.1 Å². The maximum Gasteiger partial charge on any atom is 0.272 e. The van der Waals surface area contributed by atoms with E-state index in [2.05, 4.69) is 20.9 Å². The third-order valence-corrected chi connectivity index (χ3v) is 8.42. The SMILES string of the molecule is COc1ccc(/C=C(\NC(=O)c2ccccc2)C(=O)Nc2ccc(SC(C)C(=O)Nc3nc(-c4ccccc4)cs3)cc2)cc1. The average Bonchev–Trinajstić information content (AvgIpc) is 3.55. The van der Waals surface area contributed by atoms with Gasteiger partial charge in [0.25, 0.3) is 11.8 Å². The summed E-state index contributed by atoms with van der Waals surface area (Å²) < 4.78 is 5.22. The van der Waals surface area contributed by atoms with Crippen LogP contribution in [0.2, 0.25) is 0 Å². The molecule has 10 heteroatoms. The van der Waals surface area contributed by atoms with Gasteiger partial charge in [-0.1, -0.05) is 60.7 Å². The second kappa shape index (κ2) is 15.0. The molecule has 5 aromatic rings. The molecule has 4 aromatic carbocycles. The largest absolute Gasteiger partial charge is 0.497 e. The number of thioether (sulfide) groups is 1. The fourth-order valence-electron chi connectivity index (χ4n) is 4.16. The molecule has 1 aromatic heterocycles. The Morgan fingerprint density at radius 1 is 0.844 bits per heavy atom. The zero-order valence-electron chi connectivity index (χ0n) is 24.5. The number of nitrogens with zero attached hydrogens (tertiary/aromatic N) is 1. The van der Waals surface area contributed by atoms with Crippen molar-refractivity contribution < 1.29 is 19.1 Å². The Hall–Kier alpha value is -5.19. The summed E-state index contributed by atoms with van der Waals surface area (Å²) in [5.74, 6) is -0.370. The van der Waals surface area contributed by atoms with Crippen LogP contribution in [-0.2, 0) is 9.59 Å². The molecule has 0 aliphatic heterocycles. The highest BCUT2D eigenvalue weighted by atomic mass is 32.2. The number of rotatable bonds is 11. The van der Waals surface area contributed by atoms with Crippen molar-refractivity contribution in [1.29, 1.82) is 0 Å². The molecule has 0 aliphatic rings. The van der Waals surface area contributed by atoms with Crippen molar-refractivity contribution in [3.63, 3.8) is 0 Å². The van der Waals surface area contributed by atoms with E-state index < -0.39 is 11.8 Å². The number of hydrogen-bond acceptors (Lipinski definition) is 7. The Kier molecular flexibility index (Phi) is 10.4. The summed E-state index contributed by atoms with van der Waals surface area (Å²) in [4.78, 5) is 44.5. The first kappa shape index (κ1) is 31.2. The van der Waals surface area contributed by atoms with Gasteiger partial charge in [-0.2, -0.15) is 0 Å². The standard InChI is InChI=1S/C35H30N4O4S2/c1-23(32(40)39-35-38-31(22-44-35)25-9-5-3-6-10-25)45-29-19-15-27(16-20-29)36-34(42)30(21-24-13-17-28(43-2)18-14-24)37-33(41)26-11-7-4-8-12-26/h3-23H,1-2H3,(H,36,42)(H,37,41)(H,38,39,40)/b30-21-. The van der Waals surface area contributed by atoms with Gasteiger partial charge in [0.1, 0.15) is 11.4 Å². The first-order valence-electron chi connectivity index (χ1n) is 14.0. The van der Waals surface area contributed by atoms with E-state index in [9.17, 15) is 14.4 Å². The van der Waals surface area contributed by atoms with E-state index in [-0.39, 0.29) is 16.9 Å². The molecule has 8 nitrogen and oxygen atoms in total. The minimum Gasteiger partial charge on any atom is -0.497 e. The van der Waals surface area contributed by atoms with E-state index in [1.54, 1.807) is 73.8 Å². The van der Waals surface area contributed by atoms with Crippen LogP contribution in [0.3, 0.4) is 0 Å². The fraction of sp³-hybridized carbons (Fsp3) is 0.0857. The van der Waals surface area contributed by atoms with Crippen LogP contribution in [0, 0.1) is 0 Å². The molecule has 0 radical (unpaired) electrons. The highest BCUT2D eigenvalue weighted by Crippen LogP contribution is 2.28. The van der Waals surface area contributed by atoms with Gasteiger partial charge in [0.2, 0.25) is 5.91 Å². The number of anilines is 2. The quantitative estimate of drug-likeness (QED) is 0.104. The van der Waals surface area contributed by atoms with Crippen LogP contribution in [-0.4, -0.2) is 35.1 Å². The minimum atomic E-state index is -0.485. The predicted octanol–water partition coefficient (Wildman–Crippen LogP) is 7.35. The molecule has 1 unspecified atom stereocenters. The average molecular weight is 635 g/mol. The molecule has 1 heterocycles. The van der Waals surface area contributed by atoms with Gasteiger partial charge in [-0.25, -0.2) is 4.98 Å². The lowest BCUT2D eigenvalue weighted by atomic mass is 10.1. The second-order valence-corrected chi connectivity index (χ2v) is 12.1. The lowest BCUT2D eigenvalue weighted by molar-refractivity contribution is -0.115. The summed E-state index contributed by atoms with van der Waals surface area (Å²) in [6, 6.07) is 32.8. The van der Waals surface area contributed by atoms with Crippen molar-refractivity contribution in [2.24, 2.45) is 0 Å². The molecule has 0 saturated heterocycles. The third kappa shape index (κ3) is 8.69. The molecule has 45 heavy (non-hydrogen) atoms. The number of carbonyl (C=O) groups is 3. The molecule has 5 rings (SSSR count). The molecule has 0 spiro atoms. The monoisotopic (exact) mass is 634 g/mol. The summed E-state index contributed by atoms with van der Waals surface area (Å²) >= 11 is 2.77. The highest BCUT2D eigenvalue weighted by molar-refractivity contribution is 8.00. The number of ether oxygens (including phenoxy) is 1. The summed E-state index contributed by atoms with van der Waals surface area (Å²) in [7, 11) is 1.58. The summed E-state index contributed by atoms with van der Waals surface area (Å²) in [6.07, 6.45) is 1.60. The zero-order valence-corrected chi connectivity index (χ0v) is 26.2. The first-order chi connectivity index (χ1) is 21.9. The van der Waals surface area contributed by atoms with Gasteiger partial charge in [0.15, 0.2) is 5.13 Å². The van der Waals surface area contributed by atoms with Crippen LogP contribution in [0.4, 0.5) is 10.8 Å². The number of benzene rings is 4. The van der Waals surface area contributed by atoms with E-state index >= 15 is 0 Å². The number of amides is 3. The highest BCUT2D eigenvalue weighted by Gasteiger charge is 2.18. The fourth-order valence-corrected chi connectivity index (χ4v) is 5.75. The summed E-state index contributed by atoms with van der Waals surface area (Å²) in [5.41, 5.74) is 3.56. The summed E-state index contributed by atoms with van der Waals surface area (Å²) in [5, 5.41) is 10.6. The molecular weight excluding hydrogens is 605 g/mol. The summed E-state index contributed by atoms with van der Waals surface area (Å²) in [6.45, 7) is 1.83. The van der Waals surface area contributed by atoms with E-state index in [1.807, 2.05) is 60.8 Å². The minimum absolute atomic E-state index is 0.0790. The Bertz CT molecular complexity index is 1790. The van der Waals surface area contributed by atoms with Gasteiger partial charge in [0, 0.05) is 27.1 Å². The topological polar surface area (TPSA) is 109 Å². The molecule has 0 saturated carbocycles. The van der Waals surface area contributed by atoms with Crippen molar-refractivity contribution in [1.82, 2.24) is 10.3 Å².